The summed E-state index contributed by atoms with van der Waals surface area (Å²) in [5, 5.41) is 9.36. The number of hydrogen-bond acceptors (Lipinski definition) is 1. The zero-order chi connectivity index (χ0) is 10.3. The smallest absolute Gasteiger partial charge is 0.263 e. The van der Waals surface area contributed by atoms with Crippen LogP contribution in [-0.4, -0.2) is 5.11 Å². The van der Waals surface area contributed by atoms with Crippen LogP contribution < -0.4 is 0 Å². The van der Waals surface area contributed by atoms with Gasteiger partial charge in [-0.1, -0.05) is 0 Å². The van der Waals surface area contributed by atoms with Crippen LogP contribution in [0.5, 0.6) is 0 Å². The number of benzene rings is 1. The number of rotatable bonds is 1. The number of fused-ring (bicyclic) bond motifs is 1. The van der Waals surface area contributed by atoms with E-state index in [1.165, 1.54) is 6.07 Å². The zero-order valence-corrected chi connectivity index (χ0v) is 7.30. The van der Waals surface area contributed by atoms with E-state index in [1.54, 1.807) is 0 Å². The Balaban J connectivity index is 2.51. The van der Waals surface area contributed by atoms with Gasteiger partial charge < -0.3 is 5.11 Å². The molecule has 1 N–H and O–H groups in total. The molecule has 76 valence electrons. The molecule has 1 aliphatic carbocycles. The van der Waals surface area contributed by atoms with Crippen LogP contribution in [0.25, 0.3) is 0 Å². The van der Waals surface area contributed by atoms with Crippen molar-refractivity contribution in [1.29, 1.82) is 0 Å². The van der Waals surface area contributed by atoms with E-state index < -0.39 is 18.3 Å². The summed E-state index contributed by atoms with van der Waals surface area (Å²) in [4.78, 5) is 0. The summed E-state index contributed by atoms with van der Waals surface area (Å²) in [5.41, 5.74) is 0.387. The highest BCUT2D eigenvalue weighted by Crippen LogP contribution is 2.35. The first-order valence-electron chi connectivity index (χ1n) is 4.38. The van der Waals surface area contributed by atoms with Crippen LogP contribution >= 0.6 is 0 Å². The highest BCUT2D eigenvalue weighted by atomic mass is 19.3. The number of alkyl halides is 2. The average molecular weight is 202 g/mol. The van der Waals surface area contributed by atoms with Gasteiger partial charge in [-0.3, -0.25) is 0 Å². The molecule has 0 saturated carbocycles. The monoisotopic (exact) mass is 202 g/mol. The molecule has 0 bridgehead atoms. The molecule has 0 spiro atoms. The van der Waals surface area contributed by atoms with Crippen LogP contribution in [0.2, 0.25) is 0 Å². The third-order valence-electron chi connectivity index (χ3n) is 2.51. The molecule has 4 heteroatoms. The quantitative estimate of drug-likeness (QED) is 0.742. The van der Waals surface area contributed by atoms with Gasteiger partial charge in [-0.25, -0.2) is 13.2 Å². The minimum absolute atomic E-state index is 0.189. The maximum absolute atomic E-state index is 13.3. The van der Waals surface area contributed by atoms with Crippen LogP contribution in [-0.2, 0) is 6.42 Å². The summed E-state index contributed by atoms with van der Waals surface area (Å²) in [7, 11) is 0. The lowest BCUT2D eigenvalue weighted by molar-refractivity contribution is 0.150. The molecule has 0 heterocycles. The molecule has 0 fully saturated rings. The predicted molar refractivity (Wildman–Crippen MR) is 44.6 cm³/mol. The number of halogens is 3. The van der Waals surface area contributed by atoms with Crippen LogP contribution in [0, 0.1) is 5.82 Å². The van der Waals surface area contributed by atoms with Crippen LogP contribution in [0.15, 0.2) is 12.1 Å². The van der Waals surface area contributed by atoms with Crippen molar-refractivity contribution in [3.63, 3.8) is 0 Å². The van der Waals surface area contributed by atoms with E-state index in [4.69, 9.17) is 0 Å². The van der Waals surface area contributed by atoms with E-state index in [1.807, 2.05) is 0 Å². The first-order chi connectivity index (χ1) is 6.59. The molecule has 2 rings (SSSR count). The molecule has 0 saturated heterocycles. The lowest BCUT2D eigenvalue weighted by Gasteiger charge is -2.07. The fraction of sp³-hybridized carbons (Fsp3) is 0.400. The molecular weight excluding hydrogens is 193 g/mol. The van der Waals surface area contributed by atoms with Gasteiger partial charge in [0.1, 0.15) is 5.82 Å². The third kappa shape index (κ3) is 1.39. The SMILES string of the molecule is OC1CCc2cc(C(F)F)cc(F)c21. The third-order valence-corrected chi connectivity index (χ3v) is 2.51. The highest BCUT2D eigenvalue weighted by molar-refractivity contribution is 5.38. The Morgan fingerprint density at radius 1 is 1.36 bits per heavy atom. The highest BCUT2D eigenvalue weighted by Gasteiger charge is 2.25. The molecule has 1 aliphatic rings. The number of aryl methyl sites for hydroxylation is 1. The minimum Gasteiger partial charge on any atom is -0.388 e. The van der Waals surface area contributed by atoms with E-state index in [2.05, 4.69) is 0 Å². The van der Waals surface area contributed by atoms with E-state index >= 15 is 0 Å². The summed E-state index contributed by atoms with van der Waals surface area (Å²) < 4.78 is 37.8. The van der Waals surface area contributed by atoms with Gasteiger partial charge in [0.25, 0.3) is 6.43 Å². The Labute approximate surface area is 79.2 Å². The van der Waals surface area contributed by atoms with E-state index in [0.717, 1.165) is 6.07 Å². The van der Waals surface area contributed by atoms with E-state index in [-0.39, 0.29) is 11.1 Å². The van der Waals surface area contributed by atoms with Gasteiger partial charge in [0, 0.05) is 11.1 Å². The fourth-order valence-corrected chi connectivity index (χ4v) is 1.84. The maximum atomic E-state index is 13.3. The van der Waals surface area contributed by atoms with Gasteiger partial charge >= 0.3 is 0 Å². The summed E-state index contributed by atoms with van der Waals surface area (Å²) >= 11 is 0. The van der Waals surface area contributed by atoms with Gasteiger partial charge in [-0.15, -0.1) is 0 Å². The first-order valence-corrected chi connectivity index (χ1v) is 4.38. The molecule has 14 heavy (non-hydrogen) atoms. The number of hydrogen-bond donors (Lipinski definition) is 1. The van der Waals surface area contributed by atoms with Gasteiger partial charge in [-0.2, -0.15) is 0 Å². The Bertz CT molecular complexity index is 363. The molecule has 1 atom stereocenters. The van der Waals surface area contributed by atoms with E-state index in [0.29, 0.717) is 18.4 Å². The standard InChI is InChI=1S/C10H9F3O/c11-7-4-6(10(12)13)3-5-1-2-8(14)9(5)7/h3-4,8,10,14H,1-2H2. The second kappa shape index (κ2) is 3.28. The summed E-state index contributed by atoms with van der Waals surface area (Å²) in [6.45, 7) is 0. The minimum atomic E-state index is -2.66. The molecule has 0 amide bonds. The second-order valence-electron chi connectivity index (χ2n) is 3.43. The van der Waals surface area contributed by atoms with Gasteiger partial charge in [0.2, 0.25) is 0 Å². The Morgan fingerprint density at radius 3 is 2.71 bits per heavy atom. The van der Waals surface area contributed by atoms with Crippen molar-refractivity contribution in [3.8, 4) is 0 Å². The van der Waals surface area contributed by atoms with Crippen molar-refractivity contribution in [2.24, 2.45) is 0 Å². The largest absolute Gasteiger partial charge is 0.388 e. The Morgan fingerprint density at radius 2 is 2.07 bits per heavy atom. The van der Waals surface area contributed by atoms with Gasteiger partial charge in [0.05, 0.1) is 6.10 Å². The zero-order valence-electron chi connectivity index (χ0n) is 7.30. The lowest BCUT2D eigenvalue weighted by Crippen LogP contribution is -1.97. The predicted octanol–water partition coefficient (Wildman–Crippen LogP) is 2.74. The molecule has 0 radical (unpaired) electrons. The molecule has 1 aromatic rings. The number of aliphatic hydroxyl groups is 1. The van der Waals surface area contributed by atoms with Crippen molar-refractivity contribution in [1.82, 2.24) is 0 Å². The van der Waals surface area contributed by atoms with Crippen LogP contribution in [0.4, 0.5) is 13.2 Å². The molecule has 0 aliphatic heterocycles. The molecule has 1 nitrogen and oxygen atoms in total. The fourth-order valence-electron chi connectivity index (χ4n) is 1.84. The summed E-state index contributed by atoms with van der Waals surface area (Å²) in [6, 6.07) is 2.08. The van der Waals surface area contributed by atoms with Crippen LogP contribution in [0.3, 0.4) is 0 Å². The van der Waals surface area contributed by atoms with Crippen molar-refractivity contribution >= 4 is 0 Å². The first kappa shape index (κ1) is 9.52. The Kier molecular flexibility index (Phi) is 2.23. The Hall–Kier alpha value is -1.03. The van der Waals surface area contributed by atoms with Crippen molar-refractivity contribution in [3.05, 3.63) is 34.6 Å². The molecular formula is C10H9F3O. The van der Waals surface area contributed by atoms with Gasteiger partial charge in [0.15, 0.2) is 0 Å². The summed E-state index contributed by atoms with van der Waals surface area (Å²) in [6.07, 6.45) is -2.61. The second-order valence-corrected chi connectivity index (χ2v) is 3.43. The van der Waals surface area contributed by atoms with Crippen molar-refractivity contribution < 1.29 is 18.3 Å². The summed E-state index contributed by atoms with van der Waals surface area (Å²) in [5.74, 6) is -0.720. The molecule has 1 unspecified atom stereocenters. The number of aliphatic hydroxyl groups excluding tert-OH is 1. The molecule has 1 aromatic carbocycles. The molecule has 0 aromatic heterocycles. The maximum Gasteiger partial charge on any atom is 0.263 e. The van der Waals surface area contributed by atoms with Crippen molar-refractivity contribution in [2.45, 2.75) is 25.4 Å². The average Bonchev–Trinajstić information content (AvgIpc) is 2.48. The van der Waals surface area contributed by atoms with Crippen molar-refractivity contribution in [2.75, 3.05) is 0 Å². The normalized spacial score (nSPS) is 20.2. The van der Waals surface area contributed by atoms with E-state index in [9.17, 15) is 18.3 Å². The topological polar surface area (TPSA) is 20.2 Å². The van der Waals surface area contributed by atoms with Crippen LogP contribution in [0.1, 0.15) is 35.6 Å². The lowest BCUT2D eigenvalue weighted by atomic mass is 10.1. The van der Waals surface area contributed by atoms with Gasteiger partial charge in [-0.05, 0) is 30.5 Å².